The molecule has 0 atom stereocenters. The summed E-state index contributed by atoms with van der Waals surface area (Å²) in [6, 6.07) is 0. The molecule has 19 heavy (non-hydrogen) atoms. The van der Waals surface area contributed by atoms with Crippen molar-refractivity contribution < 1.29 is 9.59 Å². The molecule has 1 aromatic rings. The number of thiazole rings is 1. The van der Waals surface area contributed by atoms with E-state index < -0.39 is 0 Å². The van der Waals surface area contributed by atoms with Gasteiger partial charge in [-0.25, -0.2) is 4.98 Å². The van der Waals surface area contributed by atoms with Gasteiger partial charge < -0.3 is 20.9 Å². The standard InChI is InChI=1S/C11H17N5O2S/c1-15(2)11-14-9(12)8(19-11)10(18)16-5-3-7(17)13-4-6-16/h3-6,12H2,1-2H3,(H,13,17). The largest absolute Gasteiger partial charge is 0.382 e. The van der Waals surface area contributed by atoms with Gasteiger partial charge in [-0.1, -0.05) is 11.3 Å². The van der Waals surface area contributed by atoms with Gasteiger partial charge in [-0.15, -0.1) is 0 Å². The van der Waals surface area contributed by atoms with E-state index in [1.165, 1.54) is 11.3 Å². The lowest BCUT2D eigenvalue weighted by molar-refractivity contribution is -0.120. The van der Waals surface area contributed by atoms with Crippen molar-refractivity contribution in [2.45, 2.75) is 6.42 Å². The number of aromatic nitrogens is 1. The second kappa shape index (κ2) is 5.43. The molecule has 0 unspecified atom stereocenters. The number of rotatable bonds is 2. The number of hydrogen-bond acceptors (Lipinski definition) is 6. The number of carbonyl (C=O) groups is 2. The monoisotopic (exact) mass is 283 g/mol. The van der Waals surface area contributed by atoms with Crippen molar-refractivity contribution in [2.75, 3.05) is 44.4 Å². The molecular formula is C11H17N5O2S. The highest BCUT2D eigenvalue weighted by atomic mass is 32.1. The number of hydrogen-bond donors (Lipinski definition) is 2. The van der Waals surface area contributed by atoms with Crippen molar-refractivity contribution in [2.24, 2.45) is 0 Å². The van der Waals surface area contributed by atoms with Crippen LogP contribution in [0.5, 0.6) is 0 Å². The number of nitrogen functional groups attached to an aromatic ring is 1. The highest BCUT2D eigenvalue weighted by Crippen LogP contribution is 2.28. The Kier molecular flexibility index (Phi) is 3.89. The zero-order valence-corrected chi connectivity index (χ0v) is 11.8. The lowest BCUT2D eigenvalue weighted by Gasteiger charge is -2.18. The number of carbonyl (C=O) groups excluding carboxylic acids is 2. The van der Waals surface area contributed by atoms with Crippen molar-refractivity contribution in [3.05, 3.63) is 4.88 Å². The molecule has 3 N–H and O–H groups in total. The molecule has 1 aliphatic heterocycles. The molecule has 1 aliphatic rings. The van der Waals surface area contributed by atoms with Crippen molar-refractivity contribution in [3.8, 4) is 0 Å². The van der Waals surface area contributed by atoms with E-state index in [4.69, 9.17) is 5.73 Å². The van der Waals surface area contributed by atoms with Crippen molar-refractivity contribution in [1.82, 2.24) is 15.2 Å². The summed E-state index contributed by atoms with van der Waals surface area (Å²) in [5.74, 6) is 0.0726. The quantitative estimate of drug-likeness (QED) is 0.781. The summed E-state index contributed by atoms with van der Waals surface area (Å²) in [4.78, 5) is 31.7. The number of anilines is 2. The average molecular weight is 283 g/mol. The van der Waals surface area contributed by atoms with E-state index >= 15 is 0 Å². The van der Waals surface area contributed by atoms with Crippen LogP contribution in [0.3, 0.4) is 0 Å². The van der Waals surface area contributed by atoms with Gasteiger partial charge >= 0.3 is 0 Å². The van der Waals surface area contributed by atoms with Crippen LogP contribution in [0.15, 0.2) is 0 Å². The Hall–Kier alpha value is -1.83. The van der Waals surface area contributed by atoms with Gasteiger partial charge in [0.2, 0.25) is 5.91 Å². The maximum absolute atomic E-state index is 12.4. The van der Waals surface area contributed by atoms with Crippen molar-refractivity contribution in [3.63, 3.8) is 0 Å². The van der Waals surface area contributed by atoms with Crippen LogP contribution in [0.2, 0.25) is 0 Å². The maximum atomic E-state index is 12.4. The Morgan fingerprint density at radius 3 is 2.84 bits per heavy atom. The normalized spacial score (nSPS) is 15.9. The van der Waals surface area contributed by atoms with Crippen LogP contribution in [0.1, 0.15) is 16.1 Å². The summed E-state index contributed by atoms with van der Waals surface area (Å²) < 4.78 is 0. The van der Waals surface area contributed by atoms with Gasteiger partial charge in [0.1, 0.15) is 10.7 Å². The summed E-state index contributed by atoms with van der Waals surface area (Å²) in [5, 5.41) is 3.43. The van der Waals surface area contributed by atoms with Crippen LogP contribution in [-0.4, -0.2) is 55.4 Å². The third-order valence-corrected chi connectivity index (χ3v) is 4.05. The van der Waals surface area contributed by atoms with Gasteiger partial charge in [0.15, 0.2) is 5.13 Å². The van der Waals surface area contributed by atoms with Gasteiger partial charge in [0.25, 0.3) is 5.91 Å². The molecule has 0 radical (unpaired) electrons. The Morgan fingerprint density at radius 1 is 1.47 bits per heavy atom. The lowest BCUT2D eigenvalue weighted by Crippen LogP contribution is -2.34. The fourth-order valence-corrected chi connectivity index (χ4v) is 2.65. The highest BCUT2D eigenvalue weighted by molar-refractivity contribution is 7.18. The Morgan fingerprint density at radius 2 is 2.21 bits per heavy atom. The summed E-state index contributed by atoms with van der Waals surface area (Å²) in [6.07, 6.45) is 0.324. The maximum Gasteiger partial charge on any atom is 0.267 e. The number of nitrogens with one attached hydrogen (secondary N) is 1. The van der Waals surface area contributed by atoms with Gasteiger partial charge in [-0.2, -0.15) is 0 Å². The van der Waals surface area contributed by atoms with Crippen LogP contribution in [0.25, 0.3) is 0 Å². The minimum absolute atomic E-state index is 0.0263. The molecule has 1 fully saturated rings. The van der Waals surface area contributed by atoms with E-state index in [2.05, 4.69) is 10.3 Å². The minimum Gasteiger partial charge on any atom is -0.382 e. The van der Waals surface area contributed by atoms with E-state index in [0.717, 1.165) is 0 Å². The molecule has 1 saturated heterocycles. The number of amides is 2. The minimum atomic E-state index is -0.153. The van der Waals surface area contributed by atoms with Gasteiger partial charge in [-0.3, -0.25) is 9.59 Å². The third-order valence-electron chi connectivity index (χ3n) is 2.82. The van der Waals surface area contributed by atoms with E-state index in [-0.39, 0.29) is 17.6 Å². The molecule has 2 heterocycles. The second-order valence-corrected chi connectivity index (χ2v) is 5.47. The molecular weight excluding hydrogens is 266 g/mol. The molecule has 2 amide bonds. The Balaban J connectivity index is 2.16. The van der Waals surface area contributed by atoms with Crippen LogP contribution >= 0.6 is 11.3 Å². The summed E-state index contributed by atoms with van der Waals surface area (Å²) in [7, 11) is 3.70. The van der Waals surface area contributed by atoms with E-state index in [9.17, 15) is 9.59 Å². The molecule has 0 bridgehead atoms. The van der Waals surface area contributed by atoms with Gasteiger partial charge in [0.05, 0.1) is 0 Å². The summed E-state index contributed by atoms with van der Waals surface area (Å²) >= 11 is 1.27. The molecule has 8 heteroatoms. The first-order valence-corrected chi connectivity index (χ1v) is 6.80. The smallest absolute Gasteiger partial charge is 0.267 e. The lowest BCUT2D eigenvalue weighted by atomic mass is 10.3. The van der Waals surface area contributed by atoms with E-state index in [1.54, 1.807) is 4.90 Å². The van der Waals surface area contributed by atoms with Crippen LogP contribution < -0.4 is 16.0 Å². The average Bonchev–Trinajstić information content (AvgIpc) is 2.61. The first-order valence-electron chi connectivity index (χ1n) is 5.98. The Bertz CT molecular complexity index is 499. The molecule has 104 valence electrons. The SMILES string of the molecule is CN(C)c1nc(N)c(C(=O)N2CCNC(=O)CC2)s1. The number of nitrogens with zero attached hydrogens (tertiary/aromatic N) is 3. The summed E-state index contributed by atoms with van der Waals surface area (Å²) in [5.41, 5.74) is 5.80. The molecule has 0 saturated carbocycles. The van der Waals surface area contributed by atoms with Crippen molar-refractivity contribution in [1.29, 1.82) is 0 Å². The van der Waals surface area contributed by atoms with Crippen LogP contribution in [-0.2, 0) is 4.79 Å². The topological polar surface area (TPSA) is 91.6 Å². The van der Waals surface area contributed by atoms with Gasteiger partial charge in [0, 0.05) is 40.2 Å². The zero-order chi connectivity index (χ0) is 14.0. The first-order chi connectivity index (χ1) is 8.99. The van der Waals surface area contributed by atoms with E-state index in [1.807, 2.05) is 19.0 Å². The predicted molar refractivity (Wildman–Crippen MR) is 74.4 cm³/mol. The fourth-order valence-electron chi connectivity index (χ4n) is 1.78. The molecule has 7 nitrogen and oxygen atoms in total. The first kappa shape index (κ1) is 13.6. The van der Waals surface area contributed by atoms with E-state index in [0.29, 0.717) is 36.1 Å². The summed E-state index contributed by atoms with van der Waals surface area (Å²) in [6.45, 7) is 1.39. The zero-order valence-electron chi connectivity index (χ0n) is 11.0. The molecule has 1 aromatic heterocycles. The molecule has 0 spiro atoms. The predicted octanol–water partition coefficient (Wildman–Crippen LogP) is -0.247. The molecule has 0 aliphatic carbocycles. The van der Waals surface area contributed by atoms with Crippen molar-refractivity contribution >= 4 is 34.1 Å². The van der Waals surface area contributed by atoms with Gasteiger partial charge in [-0.05, 0) is 0 Å². The van der Waals surface area contributed by atoms with Crippen LogP contribution in [0.4, 0.5) is 10.9 Å². The Labute approximate surface area is 115 Å². The fraction of sp³-hybridized carbons (Fsp3) is 0.545. The third kappa shape index (κ3) is 2.95. The molecule has 2 rings (SSSR count). The number of nitrogens with two attached hydrogens (primary N) is 1. The highest BCUT2D eigenvalue weighted by Gasteiger charge is 2.24. The molecule has 0 aromatic carbocycles. The second-order valence-electron chi connectivity index (χ2n) is 4.50. The van der Waals surface area contributed by atoms with Crippen LogP contribution in [0, 0.1) is 0 Å².